The lowest BCUT2D eigenvalue weighted by molar-refractivity contribution is 0.246. The minimum Gasteiger partial charge on any atom is -0.362 e. The summed E-state index contributed by atoms with van der Waals surface area (Å²) in [4.78, 5) is 23.8. The largest absolute Gasteiger partial charge is 0.362 e. The number of urea groups is 1. The number of hydrogen-bond acceptors (Lipinski definition) is 5. The molecular formula is C25H31ClN6O. The molecule has 1 aliphatic rings. The summed E-state index contributed by atoms with van der Waals surface area (Å²) in [5.74, 6) is 2.06. The van der Waals surface area contributed by atoms with E-state index in [1.807, 2.05) is 56.3 Å². The number of fused-ring (bicyclic) bond motifs is 1. The van der Waals surface area contributed by atoms with Gasteiger partial charge in [-0.15, -0.1) is 0 Å². The zero-order valence-electron chi connectivity index (χ0n) is 19.4. The third-order valence-electron chi connectivity index (χ3n) is 6.19. The van der Waals surface area contributed by atoms with Gasteiger partial charge in [-0.05, 0) is 68.4 Å². The van der Waals surface area contributed by atoms with Crippen LogP contribution in [-0.2, 0) is 0 Å². The Morgan fingerprint density at radius 1 is 1.09 bits per heavy atom. The second kappa shape index (κ2) is 10.3. The summed E-state index contributed by atoms with van der Waals surface area (Å²) in [7, 11) is 4.00. The average Bonchev–Trinajstić information content (AvgIpc) is 2.80. The molecule has 0 aliphatic heterocycles. The van der Waals surface area contributed by atoms with E-state index in [1.54, 1.807) is 6.07 Å². The van der Waals surface area contributed by atoms with Crippen molar-refractivity contribution in [2.75, 3.05) is 36.2 Å². The van der Waals surface area contributed by atoms with Crippen LogP contribution in [0.2, 0.25) is 5.02 Å². The highest BCUT2D eigenvalue weighted by Gasteiger charge is 2.23. The van der Waals surface area contributed by atoms with E-state index in [0.717, 1.165) is 53.7 Å². The Hall–Kier alpha value is -3.06. The Balaban J connectivity index is 1.28. The van der Waals surface area contributed by atoms with Gasteiger partial charge in [0.05, 0.1) is 5.52 Å². The molecule has 0 spiro atoms. The minimum atomic E-state index is -0.193. The Labute approximate surface area is 199 Å². The van der Waals surface area contributed by atoms with Crippen LogP contribution in [0, 0.1) is 12.8 Å². The van der Waals surface area contributed by atoms with Crippen molar-refractivity contribution in [2.24, 2.45) is 5.92 Å². The van der Waals surface area contributed by atoms with Crippen LogP contribution in [-0.4, -0.2) is 42.7 Å². The van der Waals surface area contributed by atoms with Crippen molar-refractivity contribution in [3.8, 4) is 0 Å². The Kier molecular flexibility index (Phi) is 7.18. The maximum Gasteiger partial charge on any atom is 0.319 e. The van der Waals surface area contributed by atoms with Gasteiger partial charge in [0.1, 0.15) is 5.82 Å². The fourth-order valence-corrected chi connectivity index (χ4v) is 4.46. The molecule has 0 atom stereocenters. The van der Waals surface area contributed by atoms with Crippen molar-refractivity contribution < 1.29 is 4.79 Å². The monoisotopic (exact) mass is 466 g/mol. The molecule has 1 heterocycles. The molecule has 8 heteroatoms. The van der Waals surface area contributed by atoms with Crippen LogP contribution >= 0.6 is 11.6 Å². The molecule has 2 amide bonds. The summed E-state index contributed by atoms with van der Waals surface area (Å²) in [6, 6.07) is 13.7. The number of rotatable bonds is 6. The number of hydrogen-bond donors (Lipinski definition) is 3. The molecule has 1 fully saturated rings. The van der Waals surface area contributed by atoms with Gasteiger partial charge in [0.15, 0.2) is 0 Å². The number of nitrogens with zero attached hydrogens (tertiary/aromatic N) is 3. The number of halogens is 1. The summed E-state index contributed by atoms with van der Waals surface area (Å²) >= 11 is 6.03. The molecule has 0 radical (unpaired) electrons. The van der Waals surface area contributed by atoms with Crippen molar-refractivity contribution in [1.82, 2.24) is 15.3 Å². The van der Waals surface area contributed by atoms with Crippen LogP contribution in [0.5, 0.6) is 0 Å². The van der Waals surface area contributed by atoms with Crippen molar-refractivity contribution in [3.05, 3.63) is 53.1 Å². The van der Waals surface area contributed by atoms with Gasteiger partial charge >= 0.3 is 6.03 Å². The Morgan fingerprint density at radius 2 is 1.85 bits per heavy atom. The van der Waals surface area contributed by atoms with Crippen LogP contribution in [0.25, 0.3) is 10.9 Å². The molecule has 2 aromatic carbocycles. The number of aromatic nitrogens is 2. The topological polar surface area (TPSA) is 82.2 Å². The number of nitrogens with one attached hydrogen (secondary N) is 3. The zero-order chi connectivity index (χ0) is 23.4. The lowest BCUT2D eigenvalue weighted by Gasteiger charge is -2.29. The predicted octanol–water partition coefficient (Wildman–Crippen LogP) is 5.45. The standard InChI is InChI=1S/C25H31ClN6O/c1-16-8-11-18(26)14-22(16)30-25(33)27-15-17-9-12-19(13-10-17)28-24-29-21-7-5-4-6-20(21)23(31-24)32(2)3/h4-8,11,14,17,19H,9-10,12-13,15H2,1-3H3,(H2,27,30,33)(H,28,29,31)/t17-,19+. The molecule has 4 rings (SSSR count). The molecule has 1 aromatic heterocycles. The van der Waals surface area contributed by atoms with Gasteiger partial charge in [-0.2, -0.15) is 4.98 Å². The van der Waals surface area contributed by atoms with Crippen LogP contribution < -0.4 is 20.9 Å². The van der Waals surface area contributed by atoms with Crippen molar-refractivity contribution >= 4 is 46.0 Å². The molecule has 0 saturated heterocycles. The van der Waals surface area contributed by atoms with E-state index in [4.69, 9.17) is 21.6 Å². The molecule has 33 heavy (non-hydrogen) atoms. The number of amides is 2. The Bertz CT molecular complexity index is 1130. The maximum atomic E-state index is 12.3. The molecule has 7 nitrogen and oxygen atoms in total. The highest BCUT2D eigenvalue weighted by Crippen LogP contribution is 2.28. The van der Waals surface area contributed by atoms with E-state index < -0.39 is 0 Å². The first-order chi connectivity index (χ1) is 15.9. The maximum absolute atomic E-state index is 12.3. The highest BCUT2D eigenvalue weighted by molar-refractivity contribution is 6.31. The molecule has 0 bridgehead atoms. The summed E-state index contributed by atoms with van der Waals surface area (Å²) < 4.78 is 0. The highest BCUT2D eigenvalue weighted by atomic mass is 35.5. The van der Waals surface area contributed by atoms with Crippen LogP contribution in [0.15, 0.2) is 42.5 Å². The fourth-order valence-electron chi connectivity index (χ4n) is 4.29. The SMILES string of the molecule is Cc1ccc(Cl)cc1NC(=O)NC[C@H]1CC[C@@H](Nc2nc(N(C)C)c3ccccc3n2)CC1. The van der Waals surface area contributed by atoms with Gasteiger partial charge < -0.3 is 20.9 Å². The number of aryl methyl sites for hydroxylation is 1. The average molecular weight is 467 g/mol. The van der Waals surface area contributed by atoms with E-state index in [1.165, 1.54) is 0 Å². The van der Waals surface area contributed by atoms with Crippen LogP contribution in [0.4, 0.5) is 22.2 Å². The first-order valence-corrected chi connectivity index (χ1v) is 11.8. The molecular weight excluding hydrogens is 436 g/mol. The summed E-state index contributed by atoms with van der Waals surface area (Å²) in [5, 5.41) is 11.1. The lowest BCUT2D eigenvalue weighted by Crippen LogP contribution is -2.36. The van der Waals surface area contributed by atoms with E-state index >= 15 is 0 Å². The smallest absolute Gasteiger partial charge is 0.319 e. The fraction of sp³-hybridized carbons (Fsp3) is 0.400. The zero-order valence-corrected chi connectivity index (χ0v) is 20.1. The Morgan fingerprint density at radius 3 is 2.61 bits per heavy atom. The van der Waals surface area contributed by atoms with E-state index in [0.29, 0.717) is 29.5 Å². The van der Waals surface area contributed by atoms with Gasteiger partial charge in [0, 0.05) is 42.8 Å². The molecule has 0 unspecified atom stereocenters. The third-order valence-corrected chi connectivity index (χ3v) is 6.42. The van der Waals surface area contributed by atoms with Gasteiger partial charge in [0.2, 0.25) is 5.95 Å². The number of para-hydroxylation sites is 1. The summed E-state index contributed by atoms with van der Waals surface area (Å²) in [6.45, 7) is 2.61. The van der Waals surface area contributed by atoms with Crippen molar-refractivity contribution in [1.29, 1.82) is 0 Å². The number of benzene rings is 2. The van der Waals surface area contributed by atoms with Gasteiger partial charge in [-0.25, -0.2) is 9.78 Å². The molecule has 3 N–H and O–H groups in total. The van der Waals surface area contributed by atoms with Gasteiger partial charge in [-0.1, -0.05) is 29.8 Å². The van der Waals surface area contributed by atoms with Crippen LogP contribution in [0.3, 0.4) is 0 Å². The van der Waals surface area contributed by atoms with Gasteiger partial charge in [0.25, 0.3) is 0 Å². The first-order valence-electron chi connectivity index (χ1n) is 11.4. The lowest BCUT2D eigenvalue weighted by atomic mass is 9.86. The predicted molar refractivity (Wildman–Crippen MR) is 136 cm³/mol. The van der Waals surface area contributed by atoms with Gasteiger partial charge in [-0.3, -0.25) is 0 Å². The second-order valence-electron chi connectivity index (χ2n) is 8.94. The third kappa shape index (κ3) is 5.85. The number of carbonyl (C=O) groups excluding carboxylic acids is 1. The normalized spacial score (nSPS) is 18.1. The van der Waals surface area contributed by atoms with E-state index in [9.17, 15) is 4.79 Å². The van der Waals surface area contributed by atoms with Crippen molar-refractivity contribution in [3.63, 3.8) is 0 Å². The van der Waals surface area contributed by atoms with E-state index in [2.05, 4.69) is 22.0 Å². The number of carbonyl (C=O) groups is 1. The molecule has 1 aliphatic carbocycles. The van der Waals surface area contributed by atoms with Crippen molar-refractivity contribution in [2.45, 2.75) is 38.6 Å². The first kappa shape index (κ1) is 23.1. The minimum absolute atomic E-state index is 0.193. The second-order valence-corrected chi connectivity index (χ2v) is 9.38. The number of anilines is 3. The summed E-state index contributed by atoms with van der Waals surface area (Å²) in [5.41, 5.74) is 2.66. The summed E-state index contributed by atoms with van der Waals surface area (Å²) in [6.07, 6.45) is 4.13. The quantitative estimate of drug-likeness (QED) is 0.450. The molecule has 174 valence electrons. The van der Waals surface area contributed by atoms with E-state index in [-0.39, 0.29) is 6.03 Å². The molecule has 3 aromatic rings. The van der Waals surface area contributed by atoms with Crippen LogP contribution in [0.1, 0.15) is 31.2 Å². The molecule has 1 saturated carbocycles.